The number of carbonyl (C=O) groups excluding carboxylic acids is 1. The smallest absolute Gasteiger partial charge is 0.294 e. The quantitative estimate of drug-likeness (QED) is 0.609. The van der Waals surface area contributed by atoms with Gasteiger partial charge in [-0.05, 0) is 37.3 Å². The van der Waals surface area contributed by atoms with Gasteiger partial charge in [0, 0.05) is 0 Å². The molecule has 1 amide bonds. The van der Waals surface area contributed by atoms with Gasteiger partial charge in [-0.1, -0.05) is 13.8 Å². The van der Waals surface area contributed by atoms with Crippen molar-refractivity contribution in [2.75, 3.05) is 32.8 Å². The molecule has 6 nitrogen and oxygen atoms in total. The number of amides is 1. The van der Waals surface area contributed by atoms with Crippen LogP contribution in [0.3, 0.4) is 0 Å². The van der Waals surface area contributed by atoms with Crippen LogP contribution in [0.5, 0.6) is 0 Å². The van der Waals surface area contributed by atoms with Gasteiger partial charge in [0.1, 0.15) is 0 Å². The molecule has 0 aliphatic carbocycles. The summed E-state index contributed by atoms with van der Waals surface area (Å²) in [5, 5.41) is 2.70. The van der Waals surface area contributed by atoms with Crippen molar-refractivity contribution in [3.8, 4) is 0 Å². The number of hydrogen-bond acceptors (Lipinski definition) is 4. The number of hydrogen-bond donors (Lipinski definition) is 2. The van der Waals surface area contributed by atoms with Gasteiger partial charge in [0.05, 0.1) is 39.0 Å². The topological polar surface area (TPSA) is 68.3 Å². The minimum absolute atomic E-state index is 0.257. The Kier molecular flexibility index (Phi) is 7.13. The van der Waals surface area contributed by atoms with E-state index < -0.39 is 0 Å². The summed E-state index contributed by atoms with van der Waals surface area (Å²) in [6.07, 6.45) is 5.41. The summed E-state index contributed by atoms with van der Waals surface area (Å²) < 4.78 is 10.7. The van der Waals surface area contributed by atoms with E-state index in [2.05, 4.69) is 24.2 Å². The fourth-order valence-electron chi connectivity index (χ4n) is 2.55. The molecule has 1 aromatic heterocycles. The zero-order chi connectivity index (χ0) is 16.5. The van der Waals surface area contributed by atoms with E-state index in [0.717, 1.165) is 6.54 Å². The molecule has 0 radical (unpaired) electrons. The van der Waals surface area contributed by atoms with Crippen LogP contribution >= 0.6 is 0 Å². The summed E-state index contributed by atoms with van der Waals surface area (Å²) in [6.45, 7) is 8.71. The van der Waals surface area contributed by atoms with Gasteiger partial charge in [-0.3, -0.25) is 10.1 Å². The summed E-state index contributed by atoms with van der Waals surface area (Å²) in [6, 6.07) is 3.59. The molecule has 0 bridgehead atoms. The van der Waals surface area contributed by atoms with E-state index in [1.807, 2.05) is 0 Å². The predicted octanol–water partition coefficient (Wildman–Crippen LogP) is 1.11. The average Bonchev–Trinajstić information content (AvgIpc) is 3.08. The predicted molar refractivity (Wildman–Crippen MR) is 88.7 cm³/mol. The number of carbonyl (C=O) groups is 1. The first kappa shape index (κ1) is 17.5. The van der Waals surface area contributed by atoms with Gasteiger partial charge in [0.25, 0.3) is 11.9 Å². The van der Waals surface area contributed by atoms with Crippen molar-refractivity contribution in [2.45, 2.75) is 33.1 Å². The van der Waals surface area contributed by atoms with Gasteiger partial charge in [0.2, 0.25) is 0 Å². The van der Waals surface area contributed by atoms with E-state index in [1.165, 1.54) is 38.6 Å². The normalized spacial score (nSPS) is 16.6. The van der Waals surface area contributed by atoms with Crippen LogP contribution in [0.2, 0.25) is 0 Å². The molecule has 2 heterocycles. The first-order valence-corrected chi connectivity index (χ1v) is 8.51. The Labute approximate surface area is 137 Å². The van der Waals surface area contributed by atoms with Gasteiger partial charge in [-0.15, -0.1) is 0 Å². The highest BCUT2D eigenvalue weighted by Crippen LogP contribution is 2.00. The maximum atomic E-state index is 12.1. The molecule has 1 saturated heterocycles. The number of amidine groups is 1. The number of nitrogens with one attached hydrogen (secondary N) is 2. The van der Waals surface area contributed by atoms with Crippen molar-refractivity contribution in [1.29, 1.82) is 0 Å². The Hall–Kier alpha value is -1.82. The molecule has 23 heavy (non-hydrogen) atoms. The maximum absolute atomic E-state index is 12.1. The summed E-state index contributed by atoms with van der Waals surface area (Å²) in [7, 11) is 0. The average molecular weight is 322 g/mol. The molecule has 0 spiro atoms. The summed E-state index contributed by atoms with van der Waals surface area (Å²) in [5.74, 6) is 0.295. The van der Waals surface area contributed by atoms with Crippen molar-refractivity contribution < 1.29 is 18.8 Å². The van der Waals surface area contributed by atoms with Crippen LogP contribution in [0, 0.1) is 5.92 Å². The minimum Gasteiger partial charge on any atom is -0.465 e. The lowest BCUT2D eigenvalue weighted by Gasteiger charge is -2.22. The summed E-state index contributed by atoms with van der Waals surface area (Å²) in [4.78, 5) is 18.1. The van der Waals surface area contributed by atoms with Crippen molar-refractivity contribution in [2.24, 2.45) is 10.9 Å². The van der Waals surface area contributed by atoms with E-state index in [1.54, 1.807) is 17.0 Å². The molecule has 0 atom stereocenters. The lowest BCUT2D eigenvalue weighted by molar-refractivity contribution is -0.903. The zero-order valence-electron chi connectivity index (χ0n) is 14.1. The van der Waals surface area contributed by atoms with E-state index in [9.17, 15) is 4.79 Å². The van der Waals surface area contributed by atoms with Crippen LogP contribution < -0.4 is 10.2 Å². The second-order valence-corrected chi connectivity index (χ2v) is 6.38. The Morgan fingerprint density at radius 3 is 2.83 bits per heavy atom. The van der Waals surface area contributed by atoms with Gasteiger partial charge in [0.15, 0.2) is 5.76 Å². The Balaban J connectivity index is 1.86. The Morgan fingerprint density at radius 1 is 1.39 bits per heavy atom. The molecule has 1 aliphatic rings. The number of aliphatic imine (C=N–C) groups is 1. The molecule has 128 valence electrons. The number of piperidine rings is 1. The van der Waals surface area contributed by atoms with Crippen LogP contribution in [0.25, 0.3) is 0 Å². The van der Waals surface area contributed by atoms with Crippen molar-refractivity contribution in [3.05, 3.63) is 24.2 Å². The molecule has 1 fully saturated rings. The summed E-state index contributed by atoms with van der Waals surface area (Å²) in [5.41, 5.74) is 0. The van der Waals surface area contributed by atoms with Crippen molar-refractivity contribution >= 4 is 11.9 Å². The number of ether oxygens (including phenoxy) is 1. The van der Waals surface area contributed by atoms with Crippen LogP contribution in [0.1, 0.15) is 43.7 Å². The lowest BCUT2D eigenvalue weighted by atomic mass is 10.1. The standard InChI is InChI=1S/C17H27N3O3/c1-14(2)13-23-17(19-16(21)15-7-6-12-22-15)18-8-11-20-9-4-3-5-10-20/h6-7,12,14H,3-5,8-11,13H2,1-2H3,(H,18,19,21)/p+1. The van der Waals surface area contributed by atoms with Gasteiger partial charge in [-0.2, -0.15) is 0 Å². The summed E-state index contributed by atoms with van der Waals surface area (Å²) >= 11 is 0. The molecule has 6 heteroatoms. The number of furan rings is 1. The number of rotatable bonds is 6. The van der Waals surface area contributed by atoms with Gasteiger partial charge < -0.3 is 14.1 Å². The maximum Gasteiger partial charge on any atom is 0.294 e. The minimum atomic E-state index is -0.331. The second-order valence-electron chi connectivity index (χ2n) is 6.38. The second kappa shape index (κ2) is 9.35. The molecule has 2 N–H and O–H groups in total. The highest BCUT2D eigenvalue weighted by molar-refractivity contribution is 6.02. The van der Waals surface area contributed by atoms with Crippen LogP contribution in [-0.2, 0) is 4.74 Å². The number of quaternary nitrogens is 1. The van der Waals surface area contributed by atoms with E-state index >= 15 is 0 Å². The Bertz CT molecular complexity index is 491. The molecule has 1 aliphatic heterocycles. The van der Waals surface area contributed by atoms with E-state index in [-0.39, 0.29) is 17.7 Å². The zero-order valence-corrected chi connectivity index (χ0v) is 14.1. The van der Waals surface area contributed by atoms with Crippen molar-refractivity contribution in [1.82, 2.24) is 5.32 Å². The monoisotopic (exact) mass is 322 g/mol. The Morgan fingerprint density at radius 2 is 2.17 bits per heavy atom. The molecule has 0 aromatic carbocycles. The SMILES string of the molecule is CC(C)COC(=NCC[NH+]1CCCCC1)NC(=O)c1ccco1. The van der Waals surface area contributed by atoms with Crippen molar-refractivity contribution in [3.63, 3.8) is 0 Å². The molecule has 2 rings (SSSR count). The largest absolute Gasteiger partial charge is 0.465 e. The van der Waals surface area contributed by atoms with E-state index in [4.69, 9.17) is 9.15 Å². The van der Waals surface area contributed by atoms with E-state index in [0.29, 0.717) is 19.1 Å². The first-order chi connectivity index (χ1) is 11.1. The molecule has 1 aromatic rings. The third-order valence-electron chi connectivity index (χ3n) is 3.80. The highest BCUT2D eigenvalue weighted by Gasteiger charge is 2.15. The molecule has 0 saturated carbocycles. The highest BCUT2D eigenvalue weighted by atomic mass is 16.5. The fourth-order valence-corrected chi connectivity index (χ4v) is 2.55. The van der Waals surface area contributed by atoms with Crippen LogP contribution in [-0.4, -0.2) is 44.7 Å². The van der Waals surface area contributed by atoms with Gasteiger partial charge >= 0.3 is 0 Å². The van der Waals surface area contributed by atoms with Crippen LogP contribution in [0.15, 0.2) is 27.8 Å². The molecular formula is C17H28N3O3+. The van der Waals surface area contributed by atoms with Gasteiger partial charge in [-0.25, -0.2) is 4.99 Å². The molecule has 0 unspecified atom stereocenters. The number of nitrogens with zero attached hydrogens (tertiary/aromatic N) is 1. The fraction of sp³-hybridized carbons (Fsp3) is 0.647. The lowest BCUT2D eigenvalue weighted by Crippen LogP contribution is -3.13. The molecular weight excluding hydrogens is 294 g/mol. The van der Waals surface area contributed by atoms with Crippen LogP contribution in [0.4, 0.5) is 0 Å². The first-order valence-electron chi connectivity index (χ1n) is 8.51. The number of likely N-dealkylation sites (tertiary alicyclic amines) is 1. The third-order valence-corrected chi connectivity index (χ3v) is 3.80. The third kappa shape index (κ3) is 6.44.